The monoisotopic (exact) mass is 369 g/mol. The van der Waals surface area contributed by atoms with Crippen LogP contribution in [0, 0.1) is 24.0 Å². The molecule has 0 spiro atoms. The Morgan fingerprint density at radius 1 is 1.26 bits per heavy atom. The lowest BCUT2D eigenvalue weighted by Gasteiger charge is -2.12. The minimum atomic E-state index is -0.751. The van der Waals surface area contributed by atoms with Gasteiger partial charge in [-0.05, 0) is 26.3 Å². The number of nitrogens with zero attached hydrogens (tertiary/aromatic N) is 6. The first-order valence-corrected chi connectivity index (χ1v) is 8.31. The molecule has 0 aliphatic heterocycles. The maximum Gasteiger partial charge on any atom is 0.312 e. The molecule has 3 rings (SSSR count). The van der Waals surface area contributed by atoms with Crippen molar-refractivity contribution in [2.45, 2.75) is 33.4 Å². The Morgan fingerprint density at radius 2 is 1.96 bits per heavy atom. The Balaban J connectivity index is 1.71. The zero-order valence-corrected chi connectivity index (χ0v) is 15.2. The Labute approximate surface area is 155 Å². The zero-order valence-electron chi connectivity index (χ0n) is 15.2. The third-order valence-corrected chi connectivity index (χ3v) is 4.17. The molecule has 3 aromatic rings. The van der Waals surface area contributed by atoms with Crippen LogP contribution in [0.15, 0.2) is 36.7 Å². The minimum absolute atomic E-state index is 0.0834. The number of amides is 1. The summed E-state index contributed by atoms with van der Waals surface area (Å²) in [5.41, 5.74) is 1.56. The highest BCUT2D eigenvalue weighted by Gasteiger charge is 2.27. The molecule has 0 saturated heterocycles. The highest BCUT2D eigenvalue weighted by molar-refractivity contribution is 5.91. The van der Waals surface area contributed by atoms with Crippen LogP contribution in [-0.2, 0) is 11.3 Å². The van der Waals surface area contributed by atoms with E-state index in [9.17, 15) is 14.9 Å². The van der Waals surface area contributed by atoms with Gasteiger partial charge in [0.05, 0.1) is 11.5 Å². The molecule has 0 bridgehead atoms. The van der Waals surface area contributed by atoms with Crippen LogP contribution >= 0.6 is 0 Å². The topological polar surface area (TPSA) is 121 Å². The second kappa shape index (κ2) is 7.36. The van der Waals surface area contributed by atoms with Gasteiger partial charge in [-0.15, -0.1) is 5.10 Å². The van der Waals surface area contributed by atoms with Crippen LogP contribution in [0.2, 0.25) is 0 Å². The Bertz CT molecular complexity index is 978. The fourth-order valence-corrected chi connectivity index (χ4v) is 2.82. The van der Waals surface area contributed by atoms with Crippen molar-refractivity contribution in [2.75, 3.05) is 5.32 Å². The van der Waals surface area contributed by atoms with E-state index in [0.29, 0.717) is 12.2 Å². The van der Waals surface area contributed by atoms with Crippen LogP contribution in [0.1, 0.15) is 29.9 Å². The molecule has 140 valence electrons. The predicted molar refractivity (Wildman–Crippen MR) is 97.3 cm³/mol. The summed E-state index contributed by atoms with van der Waals surface area (Å²) in [5, 5.41) is 22.1. The van der Waals surface area contributed by atoms with E-state index >= 15 is 0 Å². The van der Waals surface area contributed by atoms with Gasteiger partial charge >= 0.3 is 5.69 Å². The second-order valence-corrected chi connectivity index (χ2v) is 6.14. The highest BCUT2D eigenvalue weighted by Crippen LogP contribution is 2.24. The number of carbonyl (C=O) groups excluding carboxylic acids is 1. The molecule has 1 atom stereocenters. The van der Waals surface area contributed by atoms with E-state index in [1.54, 1.807) is 25.5 Å². The van der Waals surface area contributed by atoms with Crippen molar-refractivity contribution >= 4 is 17.5 Å². The summed E-state index contributed by atoms with van der Waals surface area (Å²) in [5.74, 6) is -0.244. The molecule has 27 heavy (non-hydrogen) atoms. The number of aromatic nitrogens is 5. The van der Waals surface area contributed by atoms with E-state index in [1.165, 1.54) is 11.0 Å². The van der Waals surface area contributed by atoms with Crippen LogP contribution in [0.3, 0.4) is 0 Å². The van der Waals surface area contributed by atoms with Crippen molar-refractivity contribution < 1.29 is 9.72 Å². The molecule has 2 aromatic heterocycles. The molecule has 0 saturated carbocycles. The van der Waals surface area contributed by atoms with E-state index in [4.69, 9.17) is 0 Å². The molecule has 0 fully saturated rings. The van der Waals surface area contributed by atoms with Gasteiger partial charge < -0.3 is 0 Å². The molecule has 0 aliphatic carbocycles. The van der Waals surface area contributed by atoms with Crippen molar-refractivity contribution in [2.24, 2.45) is 0 Å². The molecule has 2 heterocycles. The first-order valence-electron chi connectivity index (χ1n) is 8.31. The smallest absolute Gasteiger partial charge is 0.291 e. The molecule has 1 unspecified atom stereocenters. The molecule has 10 nitrogen and oxygen atoms in total. The van der Waals surface area contributed by atoms with Crippen LogP contribution < -0.4 is 5.32 Å². The van der Waals surface area contributed by atoms with Crippen molar-refractivity contribution in [3.8, 4) is 0 Å². The summed E-state index contributed by atoms with van der Waals surface area (Å²) >= 11 is 0. The minimum Gasteiger partial charge on any atom is -0.291 e. The van der Waals surface area contributed by atoms with Crippen LogP contribution in [-0.4, -0.2) is 35.4 Å². The summed E-state index contributed by atoms with van der Waals surface area (Å²) in [6, 6.07) is 8.99. The quantitative estimate of drug-likeness (QED) is 0.525. The number of nitrogens with one attached hydrogen (secondary N) is 1. The third kappa shape index (κ3) is 3.84. The average molecular weight is 369 g/mol. The van der Waals surface area contributed by atoms with Crippen LogP contribution in [0.5, 0.6) is 0 Å². The van der Waals surface area contributed by atoms with Crippen LogP contribution in [0.25, 0.3) is 0 Å². The Morgan fingerprint density at radius 3 is 2.59 bits per heavy atom. The summed E-state index contributed by atoms with van der Waals surface area (Å²) in [6.07, 6.45) is 1.53. The SMILES string of the molecule is Cc1nn(C(C)C(=O)Nc2ncn(Cc3ccccc3)n2)c(C)c1[N+](=O)[O-]. The average Bonchev–Trinajstić information content (AvgIpc) is 3.18. The van der Waals surface area contributed by atoms with Gasteiger partial charge in [0, 0.05) is 0 Å². The largest absolute Gasteiger partial charge is 0.312 e. The van der Waals surface area contributed by atoms with Gasteiger partial charge in [0.1, 0.15) is 23.8 Å². The van der Waals surface area contributed by atoms with E-state index < -0.39 is 16.9 Å². The molecule has 0 aliphatic rings. The summed E-state index contributed by atoms with van der Waals surface area (Å²) < 4.78 is 2.95. The van der Waals surface area contributed by atoms with Gasteiger partial charge in [-0.2, -0.15) is 5.10 Å². The van der Waals surface area contributed by atoms with Crippen LogP contribution in [0.4, 0.5) is 11.6 Å². The molecule has 1 aromatic carbocycles. The van der Waals surface area contributed by atoms with E-state index in [0.717, 1.165) is 5.56 Å². The molecule has 0 radical (unpaired) electrons. The van der Waals surface area contributed by atoms with E-state index in [2.05, 4.69) is 20.5 Å². The van der Waals surface area contributed by atoms with E-state index in [1.807, 2.05) is 30.3 Å². The fraction of sp³-hybridized carbons (Fsp3) is 0.294. The van der Waals surface area contributed by atoms with Gasteiger partial charge in [-0.3, -0.25) is 24.9 Å². The summed E-state index contributed by atoms with van der Waals surface area (Å²) in [7, 11) is 0. The Hall–Kier alpha value is -3.56. The summed E-state index contributed by atoms with van der Waals surface area (Å²) in [6.45, 7) is 5.25. The van der Waals surface area contributed by atoms with Crippen molar-refractivity contribution in [1.29, 1.82) is 0 Å². The van der Waals surface area contributed by atoms with E-state index in [-0.39, 0.29) is 17.3 Å². The lowest BCUT2D eigenvalue weighted by atomic mass is 10.2. The number of hydrogen-bond acceptors (Lipinski definition) is 6. The number of carbonyl (C=O) groups is 1. The van der Waals surface area contributed by atoms with Crippen molar-refractivity contribution in [3.63, 3.8) is 0 Å². The maximum atomic E-state index is 12.5. The van der Waals surface area contributed by atoms with Gasteiger partial charge in [-0.25, -0.2) is 9.67 Å². The first-order chi connectivity index (χ1) is 12.9. The number of benzene rings is 1. The second-order valence-electron chi connectivity index (χ2n) is 6.14. The molecule has 10 heteroatoms. The number of anilines is 1. The molecule has 1 N–H and O–H groups in total. The molecular weight excluding hydrogens is 350 g/mol. The maximum absolute atomic E-state index is 12.5. The zero-order chi connectivity index (χ0) is 19.6. The van der Waals surface area contributed by atoms with Gasteiger partial charge in [-0.1, -0.05) is 30.3 Å². The normalized spacial score (nSPS) is 12.0. The third-order valence-electron chi connectivity index (χ3n) is 4.17. The highest BCUT2D eigenvalue weighted by atomic mass is 16.6. The molecular formula is C17H19N7O3. The molecule has 1 amide bonds. The number of aryl methyl sites for hydroxylation is 1. The van der Waals surface area contributed by atoms with Gasteiger partial charge in [0.25, 0.3) is 5.91 Å². The Kier molecular flexibility index (Phi) is 4.97. The fourth-order valence-electron chi connectivity index (χ4n) is 2.82. The van der Waals surface area contributed by atoms with Gasteiger partial charge in [0.2, 0.25) is 5.95 Å². The predicted octanol–water partition coefficient (Wildman–Crippen LogP) is 2.25. The van der Waals surface area contributed by atoms with Crippen molar-refractivity contribution in [1.82, 2.24) is 24.5 Å². The lowest BCUT2D eigenvalue weighted by molar-refractivity contribution is -0.386. The summed E-state index contributed by atoms with van der Waals surface area (Å²) in [4.78, 5) is 27.2. The lowest BCUT2D eigenvalue weighted by Crippen LogP contribution is -2.26. The van der Waals surface area contributed by atoms with Gasteiger partial charge in [0.15, 0.2) is 0 Å². The number of nitro groups is 1. The standard InChI is InChI=1S/C17H19N7O3/c1-11-15(24(26)27)12(2)23(20-11)13(3)16(25)19-17-18-10-22(21-17)9-14-7-5-4-6-8-14/h4-8,10,13H,9H2,1-3H3,(H,19,21,25). The van der Waals surface area contributed by atoms with Crippen molar-refractivity contribution in [3.05, 3.63) is 63.7 Å². The number of hydrogen-bond donors (Lipinski definition) is 1. The number of rotatable bonds is 6. The first kappa shape index (κ1) is 18.2.